The standard InChI is InChI=1S/C23H20F7IN2O3S/c1-12-10-13(21(24,22(25,26)27)23(28,29)30)8-9-16(12)33-18(32-20(2,3)11-37(4,35)36)14-6-5-7-15(31)17(14)19(33)34/h5-10H,11H2,1-4H3/b32-18-. The summed E-state index contributed by atoms with van der Waals surface area (Å²) in [5, 5.41) is 0. The average Bonchev–Trinajstić information content (AvgIpc) is 2.96. The van der Waals surface area contributed by atoms with Gasteiger partial charge in [0.1, 0.15) is 15.7 Å². The van der Waals surface area contributed by atoms with Crippen LogP contribution in [0.3, 0.4) is 0 Å². The smallest absolute Gasteiger partial charge is 0.268 e. The number of hydrogen-bond donors (Lipinski definition) is 0. The Kier molecular flexibility index (Phi) is 7.30. The lowest BCUT2D eigenvalue weighted by Gasteiger charge is -2.31. The van der Waals surface area contributed by atoms with Gasteiger partial charge >= 0.3 is 18.0 Å². The SMILES string of the molecule is Cc1cc(C(F)(C(F)(F)F)C(F)(F)F)ccc1N1C(=O)c2c(I)cccc2/C1=N/C(C)(C)CS(C)(=O)=O. The quantitative estimate of drug-likeness (QED) is 0.286. The summed E-state index contributed by atoms with van der Waals surface area (Å²) in [5.41, 5.74) is -8.52. The van der Waals surface area contributed by atoms with Crippen molar-refractivity contribution in [3.8, 4) is 0 Å². The fraction of sp³-hybridized carbons (Fsp3) is 0.391. The number of fused-ring (bicyclic) bond motifs is 1. The number of alkyl halides is 7. The predicted molar refractivity (Wildman–Crippen MR) is 132 cm³/mol. The van der Waals surface area contributed by atoms with E-state index in [9.17, 15) is 43.9 Å². The van der Waals surface area contributed by atoms with Gasteiger partial charge in [0.2, 0.25) is 0 Å². The van der Waals surface area contributed by atoms with Gasteiger partial charge in [-0.3, -0.25) is 14.7 Å². The third-order valence-corrected chi connectivity index (χ3v) is 7.65. The zero-order valence-electron chi connectivity index (χ0n) is 19.7. The lowest BCUT2D eigenvalue weighted by atomic mass is 9.92. The Morgan fingerprint density at radius 3 is 2.03 bits per heavy atom. The van der Waals surface area contributed by atoms with E-state index in [1.165, 1.54) is 19.9 Å². The van der Waals surface area contributed by atoms with Gasteiger partial charge in [0.05, 0.1) is 22.5 Å². The number of rotatable bonds is 5. The number of amidine groups is 1. The average molecular weight is 664 g/mol. The second kappa shape index (κ2) is 9.20. The highest BCUT2D eigenvalue weighted by Crippen LogP contribution is 2.53. The Morgan fingerprint density at radius 2 is 1.54 bits per heavy atom. The maximum Gasteiger partial charge on any atom is 0.435 e. The first-order valence-corrected chi connectivity index (χ1v) is 13.6. The number of halogens is 8. The van der Waals surface area contributed by atoms with Crippen LogP contribution in [0, 0.1) is 10.5 Å². The molecule has 0 radical (unpaired) electrons. The number of hydrogen-bond acceptors (Lipinski definition) is 4. The molecule has 0 unspecified atom stereocenters. The molecular formula is C23H20F7IN2O3S. The number of aliphatic imine (C=N–C) groups is 1. The van der Waals surface area contributed by atoms with Crippen molar-refractivity contribution < 1.29 is 43.9 Å². The zero-order chi connectivity index (χ0) is 28.4. The molecule has 0 saturated heterocycles. The van der Waals surface area contributed by atoms with Gasteiger partial charge in [-0.25, -0.2) is 12.8 Å². The number of anilines is 1. The Bertz CT molecular complexity index is 1390. The van der Waals surface area contributed by atoms with Crippen LogP contribution in [0.15, 0.2) is 41.4 Å². The second-order valence-corrected chi connectivity index (χ2v) is 12.6. The minimum Gasteiger partial charge on any atom is -0.268 e. The molecular weight excluding hydrogens is 644 g/mol. The van der Waals surface area contributed by atoms with Crippen molar-refractivity contribution in [2.45, 2.75) is 44.3 Å². The van der Waals surface area contributed by atoms with Crippen LogP contribution < -0.4 is 4.90 Å². The molecule has 2 aromatic rings. The van der Waals surface area contributed by atoms with Gasteiger partial charge in [-0.15, -0.1) is 0 Å². The molecule has 2 aromatic carbocycles. The Balaban J connectivity index is 2.25. The minimum atomic E-state index is -6.29. The van der Waals surface area contributed by atoms with Crippen LogP contribution in [0.2, 0.25) is 0 Å². The van der Waals surface area contributed by atoms with Crippen molar-refractivity contribution in [1.82, 2.24) is 0 Å². The predicted octanol–water partition coefficient (Wildman–Crippen LogP) is 6.12. The maximum absolute atomic E-state index is 14.6. The highest BCUT2D eigenvalue weighted by atomic mass is 127. The normalized spacial score (nSPS) is 16.5. The van der Waals surface area contributed by atoms with Crippen LogP contribution in [0.5, 0.6) is 0 Å². The molecule has 1 aliphatic rings. The van der Waals surface area contributed by atoms with Gasteiger partial charge in [0.25, 0.3) is 5.91 Å². The number of carbonyl (C=O) groups excluding carboxylic acids is 1. The summed E-state index contributed by atoms with van der Waals surface area (Å²) in [6, 6.07) is 6.25. The molecule has 3 rings (SSSR count). The van der Waals surface area contributed by atoms with Crippen molar-refractivity contribution in [3.63, 3.8) is 0 Å². The fourth-order valence-corrected chi connectivity index (χ4v) is 6.24. The van der Waals surface area contributed by atoms with Crippen LogP contribution >= 0.6 is 22.6 Å². The molecule has 37 heavy (non-hydrogen) atoms. The minimum absolute atomic E-state index is 0.0406. The van der Waals surface area contributed by atoms with E-state index in [1.807, 2.05) is 22.6 Å². The highest BCUT2D eigenvalue weighted by molar-refractivity contribution is 14.1. The summed E-state index contributed by atoms with van der Waals surface area (Å²) in [7, 11) is -3.53. The van der Waals surface area contributed by atoms with E-state index in [4.69, 9.17) is 0 Å². The van der Waals surface area contributed by atoms with E-state index in [0.29, 0.717) is 21.3 Å². The molecule has 0 aromatic heterocycles. The van der Waals surface area contributed by atoms with Crippen LogP contribution in [-0.4, -0.2) is 50.1 Å². The third kappa shape index (κ3) is 5.36. The largest absolute Gasteiger partial charge is 0.435 e. The van der Waals surface area contributed by atoms with E-state index in [0.717, 1.165) is 24.1 Å². The second-order valence-electron chi connectivity index (χ2n) is 9.28. The van der Waals surface area contributed by atoms with Gasteiger partial charge in [0.15, 0.2) is 0 Å². The van der Waals surface area contributed by atoms with Crippen molar-refractivity contribution >= 4 is 49.9 Å². The Labute approximate surface area is 221 Å². The van der Waals surface area contributed by atoms with Gasteiger partial charge in [-0.1, -0.05) is 24.3 Å². The number of aryl methyl sites for hydroxylation is 1. The molecule has 14 heteroatoms. The molecule has 0 atom stereocenters. The third-order valence-electron chi connectivity index (χ3n) is 5.52. The molecule has 5 nitrogen and oxygen atoms in total. The van der Waals surface area contributed by atoms with Crippen molar-refractivity contribution in [1.29, 1.82) is 0 Å². The summed E-state index contributed by atoms with van der Waals surface area (Å²) in [4.78, 5) is 18.9. The number of carbonyl (C=O) groups is 1. The summed E-state index contributed by atoms with van der Waals surface area (Å²) in [6.45, 7) is 4.12. The molecule has 1 aliphatic heterocycles. The van der Waals surface area contributed by atoms with Gasteiger partial charge in [0, 0.05) is 21.0 Å². The number of amides is 1. The van der Waals surface area contributed by atoms with E-state index in [1.54, 1.807) is 12.1 Å². The lowest BCUT2D eigenvalue weighted by Crippen LogP contribution is -2.50. The Morgan fingerprint density at radius 1 is 0.973 bits per heavy atom. The van der Waals surface area contributed by atoms with E-state index in [-0.39, 0.29) is 22.6 Å². The number of sulfone groups is 1. The number of nitrogens with zero attached hydrogens (tertiary/aromatic N) is 2. The summed E-state index contributed by atoms with van der Waals surface area (Å²) in [6.07, 6.45) is -11.6. The number of benzene rings is 2. The van der Waals surface area contributed by atoms with Crippen LogP contribution in [0.1, 0.15) is 40.9 Å². The van der Waals surface area contributed by atoms with Crippen LogP contribution in [0.4, 0.5) is 36.4 Å². The fourth-order valence-electron chi connectivity index (χ4n) is 4.16. The van der Waals surface area contributed by atoms with Crippen LogP contribution in [0.25, 0.3) is 0 Å². The maximum atomic E-state index is 14.6. The summed E-state index contributed by atoms with van der Waals surface area (Å²) in [5.74, 6) is -1.13. The van der Waals surface area contributed by atoms with E-state index in [2.05, 4.69) is 4.99 Å². The van der Waals surface area contributed by atoms with Gasteiger partial charge < -0.3 is 0 Å². The first kappa shape index (κ1) is 29.3. The Hall–Kier alpha value is -2.23. The molecule has 0 bridgehead atoms. The first-order chi connectivity index (χ1) is 16.6. The van der Waals surface area contributed by atoms with Gasteiger partial charge in [-0.2, -0.15) is 26.3 Å². The summed E-state index contributed by atoms with van der Waals surface area (Å²) >= 11 is 1.88. The molecule has 202 valence electrons. The monoisotopic (exact) mass is 664 g/mol. The van der Waals surface area contributed by atoms with E-state index < -0.39 is 50.6 Å². The molecule has 1 heterocycles. The first-order valence-electron chi connectivity index (χ1n) is 10.4. The molecule has 0 saturated carbocycles. The molecule has 1 amide bonds. The lowest BCUT2D eigenvalue weighted by molar-refractivity contribution is -0.348. The highest BCUT2D eigenvalue weighted by Gasteiger charge is 2.73. The van der Waals surface area contributed by atoms with Gasteiger partial charge in [-0.05, 0) is 61.1 Å². The van der Waals surface area contributed by atoms with Crippen molar-refractivity contribution in [2.24, 2.45) is 4.99 Å². The van der Waals surface area contributed by atoms with Crippen molar-refractivity contribution in [3.05, 3.63) is 62.2 Å². The molecule has 0 fully saturated rings. The molecule has 0 N–H and O–H groups in total. The molecule has 0 aliphatic carbocycles. The van der Waals surface area contributed by atoms with Crippen molar-refractivity contribution in [2.75, 3.05) is 16.9 Å². The van der Waals surface area contributed by atoms with E-state index >= 15 is 0 Å². The summed E-state index contributed by atoms with van der Waals surface area (Å²) < 4.78 is 118. The topological polar surface area (TPSA) is 66.8 Å². The molecule has 0 spiro atoms. The zero-order valence-corrected chi connectivity index (χ0v) is 22.7. The van der Waals surface area contributed by atoms with Crippen LogP contribution in [-0.2, 0) is 15.5 Å².